The van der Waals surface area contributed by atoms with E-state index in [9.17, 15) is 26.3 Å². The first-order chi connectivity index (χ1) is 10.8. The molecule has 1 aromatic rings. The molecule has 0 saturated heterocycles. The topological polar surface area (TPSA) is 142 Å². The lowest BCUT2D eigenvalue weighted by Crippen LogP contribution is -2.21. The Bertz CT molecular complexity index is 763. The smallest absolute Gasteiger partial charge is 0.321 e. The molecule has 0 fully saturated rings. The first-order valence-electron chi connectivity index (χ1n) is 5.59. The van der Waals surface area contributed by atoms with Crippen LogP contribution in [0.5, 0.6) is 0 Å². The predicted octanol–water partition coefficient (Wildman–Crippen LogP) is 1.11. The van der Waals surface area contributed by atoms with Crippen molar-refractivity contribution in [1.82, 2.24) is 9.13 Å². The SMILES string of the molecule is CCn1ccn(C)c1=N.O=S(=O)(O)C(F)(F)F.O=S(=O)(O)C(F)(F)F. The Kier molecular flexibility index (Phi) is 8.90. The van der Waals surface area contributed by atoms with Crippen LogP contribution in [0, 0.1) is 5.41 Å². The molecule has 1 aromatic heterocycles. The van der Waals surface area contributed by atoms with Gasteiger partial charge in [-0.3, -0.25) is 14.5 Å². The van der Waals surface area contributed by atoms with Crippen molar-refractivity contribution >= 4 is 20.2 Å². The van der Waals surface area contributed by atoms with E-state index < -0.39 is 31.3 Å². The third-order valence-corrected chi connectivity index (χ3v) is 3.17. The second-order valence-corrected chi connectivity index (χ2v) is 6.69. The fourth-order valence-electron chi connectivity index (χ4n) is 0.779. The van der Waals surface area contributed by atoms with E-state index in [0.717, 1.165) is 6.54 Å². The highest BCUT2D eigenvalue weighted by Gasteiger charge is 2.45. The summed E-state index contributed by atoms with van der Waals surface area (Å²) in [6.07, 6.45) is 3.79. The van der Waals surface area contributed by atoms with E-state index >= 15 is 0 Å². The van der Waals surface area contributed by atoms with E-state index in [4.69, 9.17) is 31.4 Å². The van der Waals surface area contributed by atoms with Crippen LogP contribution in [-0.4, -0.2) is 46.1 Å². The zero-order chi connectivity index (χ0) is 20.9. The predicted molar refractivity (Wildman–Crippen MR) is 70.1 cm³/mol. The Morgan fingerprint density at radius 2 is 1.24 bits per heavy atom. The fraction of sp³-hybridized carbons (Fsp3) is 0.625. The average Bonchev–Trinajstić information content (AvgIpc) is 2.66. The molecule has 0 atom stereocenters. The second-order valence-electron chi connectivity index (χ2n) is 3.86. The van der Waals surface area contributed by atoms with E-state index in [2.05, 4.69) is 0 Å². The van der Waals surface area contributed by atoms with Crippen molar-refractivity contribution < 1.29 is 52.3 Å². The van der Waals surface area contributed by atoms with Gasteiger partial charge in [0.2, 0.25) is 5.62 Å². The zero-order valence-corrected chi connectivity index (χ0v) is 14.0. The Hall–Kier alpha value is -1.59. The molecular weight excluding hydrogens is 412 g/mol. The third-order valence-electron chi connectivity index (χ3n) is 2.00. The first kappa shape index (κ1) is 25.6. The fourth-order valence-corrected chi connectivity index (χ4v) is 0.779. The summed E-state index contributed by atoms with van der Waals surface area (Å²) in [6.45, 7) is 2.90. The lowest BCUT2D eigenvalue weighted by Gasteiger charge is -1.97. The molecule has 3 N–H and O–H groups in total. The second kappa shape index (κ2) is 8.68. The van der Waals surface area contributed by atoms with Crippen LogP contribution in [0.4, 0.5) is 26.3 Å². The quantitative estimate of drug-likeness (QED) is 0.350. The molecule has 0 spiro atoms. The molecule has 9 nitrogen and oxygen atoms in total. The molecule has 0 saturated carbocycles. The van der Waals surface area contributed by atoms with Gasteiger partial charge in [0.15, 0.2) is 0 Å². The monoisotopic (exact) mass is 425 g/mol. The number of aryl methyl sites for hydroxylation is 2. The summed E-state index contributed by atoms with van der Waals surface area (Å²) < 4.78 is 119. The molecule has 150 valence electrons. The molecule has 25 heavy (non-hydrogen) atoms. The summed E-state index contributed by atoms with van der Waals surface area (Å²) in [5.74, 6) is 0. The molecule has 17 heteroatoms. The van der Waals surface area contributed by atoms with Crippen molar-refractivity contribution in [2.24, 2.45) is 7.05 Å². The molecule has 0 aliphatic heterocycles. The average molecular weight is 425 g/mol. The van der Waals surface area contributed by atoms with Crippen LogP contribution in [0.3, 0.4) is 0 Å². The number of hydrogen-bond acceptors (Lipinski definition) is 5. The molecule has 1 rings (SSSR count). The Labute approximate surface area is 137 Å². The van der Waals surface area contributed by atoms with Gasteiger partial charge in [-0.15, -0.1) is 0 Å². The van der Waals surface area contributed by atoms with Gasteiger partial charge in [-0.2, -0.15) is 43.2 Å². The molecule has 1 heterocycles. The van der Waals surface area contributed by atoms with Crippen LogP contribution in [0.15, 0.2) is 12.4 Å². The maximum atomic E-state index is 10.7. The van der Waals surface area contributed by atoms with Crippen LogP contribution in [0.25, 0.3) is 0 Å². The van der Waals surface area contributed by atoms with Crippen molar-refractivity contribution in [3.05, 3.63) is 18.0 Å². The Morgan fingerprint density at radius 3 is 1.32 bits per heavy atom. The Balaban J connectivity index is 0. The molecular formula is C8H13F6N3O6S2. The minimum absolute atomic E-state index is 0.553. The highest BCUT2D eigenvalue weighted by atomic mass is 32.2. The summed E-state index contributed by atoms with van der Waals surface area (Å²) in [5.41, 5.74) is -10.5. The van der Waals surface area contributed by atoms with Gasteiger partial charge in [-0.25, -0.2) is 0 Å². The number of alkyl halides is 6. The number of halogens is 6. The minimum atomic E-state index is -5.84. The van der Waals surface area contributed by atoms with Crippen LogP contribution < -0.4 is 5.62 Å². The number of imidazole rings is 1. The van der Waals surface area contributed by atoms with Gasteiger partial charge in [0, 0.05) is 26.0 Å². The van der Waals surface area contributed by atoms with Gasteiger partial charge in [0.05, 0.1) is 0 Å². The van der Waals surface area contributed by atoms with E-state index in [1.54, 1.807) is 4.57 Å². The number of aromatic nitrogens is 2. The van der Waals surface area contributed by atoms with Crippen LogP contribution in [0.1, 0.15) is 6.92 Å². The minimum Gasteiger partial charge on any atom is -0.321 e. The van der Waals surface area contributed by atoms with Crippen LogP contribution >= 0.6 is 0 Å². The van der Waals surface area contributed by atoms with E-state index in [1.807, 2.05) is 30.9 Å². The summed E-state index contributed by atoms with van der Waals surface area (Å²) >= 11 is 0. The van der Waals surface area contributed by atoms with Gasteiger partial charge in [0.25, 0.3) is 0 Å². The van der Waals surface area contributed by atoms with Crippen LogP contribution in [-0.2, 0) is 33.8 Å². The summed E-state index contributed by atoms with van der Waals surface area (Å²) in [4.78, 5) is 0. The molecule has 0 amide bonds. The molecule has 0 unspecified atom stereocenters. The first-order valence-corrected chi connectivity index (χ1v) is 8.47. The summed E-state index contributed by atoms with van der Waals surface area (Å²) in [7, 11) is -9.81. The van der Waals surface area contributed by atoms with Gasteiger partial charge in [-0.05, 0) is 6.92 Å². The van der Waals surface area contributed by atoms with Crippen molar-refractivity contribution in [1.29, 1.82) is 5.41 Å². The van der Waals surface area contributed by atoms with Gasteiger partial charge in [0.1, 0.15) is 0 Å². The summed E-state index contributed by atoms with van der Waals surface area (Å²) in [6, 6.07) is 0. The molecule has 0 radical (unpaired) electrons. The summed E-state index contributed by atoms with van der Waals surface area (Å²) in [5, 5.41) is 7.40. The van der Waals surface area contributed by atoms with Gasteiger partial charge < -0.3 is 9.13 Å². The maximum absolute atomic E-state index is 10.7. The molecule has 0 aromatic carbocycles. The maximum Gasteiger partial charge on any atom is 0.522 e. The van der Waals surface area contributed by atoms with Crippen molar-refractivity contribution in [3.63, 3.8) is 0 Å². The number of nitrogens with zero attached hydrogens (tertiary/aromatic N) is 2. The molecule has 0 aliphatic carbocycles. The number of nitrogens with one attached hydrogen (secondary N) is 1. The Morgan fingerprint density at radius 1 is 0.960 bits per heavy atom. The largest absolute Gasteiger partial charge is 0.522 e. The number of hydrogen-bond donors (Lipinski definition) is 3. The zero-order valence-electron chi connectivity index (χ0n) is 12.4. The number of rotatable bonds is 1. The molecule has 0 bridgehead atoms. The third kappa shape index (κ3) is 9.46. The van der Waals surface area contributed by atoms with E-state index in [-0.39, 0.29) is 0 Å². The highest BCUT2D eigenvalue weighted by Crippen LogP contribution is 2.21. The van der Waals surface area contributed by atoms with Crippen molar-refractivity contribution in [2.45, 2.75) is 24.5 Å². The normalized spacial score (nSPS) is 12.6. The van der Waals surface area contributed by atoms with E-state index in [1.165, 1.54) is 0 Å². The van der Waals surface area contributed by atoms with Gasteiger partial charge >= 0.3 is 31.3 Å². The lowest BCUT2D eigenvalue weighted by molar-refractivity contribution is -0.0514. The van der Waals surface area contributed by atoms with Crippen LogP contribution in [0.2, 0.25) is 0 Å². The van der Waals surface area contributed by atoms with E-state index in [0.29, 0.717) is 5.62 Å². The standard InChI is InChI=1S/C6H11N3.2CHF3O3S/c1-3-9-5-4-8(2)6(9)7;2*2-1(3,4)8(5,6)7/h4-5,7H,3H2,1-2H3;2*(H,5,6,7). The molecule has 0 aliphatic rings. The van der Waals surface area contributed by atoms with Crippen molar-refractivity contribution in [3.8, 4) is 0 Å². The lowest BCUT2D eigenvalue weighted by atomic mass is 10.7. The highest BCUT2D eigenvalue weighted by molar-refractivity contribution is 7.86. The van der Waals surface area contributed by atoms with Crippen molar-refractivity contribution in [2.75, 3.05) is 0 Å². The van der Waals surface area contributed by atoms with Gasteiger partial charge in [-0.1, -0.05) is 0 Å².